The molecule has 0 spiro atoms. The van der Waals surface area contributed by atoms with Crippen LogP contribution < -0.4 is 5.56 Å². The van der Waals surface area contributed by atoms with E-state index in [0.29, 0.717) is 23.5 Å². The van der Waals surface area contributed by atoms with E-state index in [-0.39, 0.29) is 5.56 Å². The molecule has 0 aliphatic carbocycles. The third-order valence-corrected chi connectivity index (χ3v) is 3.46. The molecule has 1 aromatic carbocycles. The third kappa shape index (κ3) is 2.49. The summed E-state index contributed by atoms with van der Waals surface area (Å²) in [6.45, 7) is 6.81. The van der Waals surface area contributed by atoms with Crippen molar-refractivity contribution in [2.75, 3.05) is 0 Å². The Morgan fingerprint density at radius 1 is 1.24 bits per heavy atom. The molecule has 21 heavy (non-hydrogen) atoms. The average molecular weight is 281 g/mol. The van der Waals surface area contributed by atoms with Crippen molar-refractivity contribution in [1.82, 2.24) is 14.5 Å². The number of rotatable bonds is 3. The summed E-state index contributed by atoms with van der Waals surface area (Å²) in [5, 5.41) is 0.660. The molecule has 0 aliphatic rings. The van der Waals surface area contributed by atoms with E-state index >= 15 is 0 Å². The van der Waals surface area contributed by atoms with E-state index in [1.807, 2.05) is 43.3 Å². The van der Waals surface area contributed by atoms with Gasteiger partial charge in [-0.15, -0.1) is 0 Å². The highest BCUT2D eigenvalue weighted by Gasteiger charge is 2.14. The summed E-state index contributed by atoms with van der Waals surface area (Å²) in [6, 6.07) is 11.7. The fraction of sp³-hybridized carbons (Fsp3) is 0.294. The summed E-state index contributed by atoms with van der Waals surface area (Å²) < 4.78 is 1.79. The molecule has 0 atom stereocenters. The quantitative estimate of drug-likeness (QED) is 0.800. The van der Waals surface area contributed by atoms with E-state index in [0.717, 1.165) is 17.1 Å². The van der Waals surface area contributed by atoms with Gasteiger partial charge in [-0.25, -0.2) is 4.98 Å². The van der Waals surface area contributed by atoms with E-state index < -0.39 is 0 Å². The third-order valence-electron chi connectivity index (χ3n) is 3.46. The van der Waals surface area contributed by atoms with E-state index in [2.05, 4.69) is 23.8 Å². The van der Waals surface area contributed by atoms with Crippen LogP contribution in [0, 0.1) is 12.8 Å². The Hall–Kier alpha value is -2.36. The van der Waals surface area contributed by atoms with Crippen LogP contribution in [-0.4, -0.2) is 14.5 Å². The van der Waals surface area contributed by atoms with Crippen LogP contribution in [0.5, 0.6) is 0 Å². The molecule has 0 aliphatic heterocycles. The van der Waals surface area contributed by atoms with E-state index in [4.69, 9.17) is 0 Å². The smallest absolute Gasteiger partial charge is 0.263 e. The van der Waals surface area contributed by atoms with Gasteiger partial charge in [0.1, 0.15) is 11.5 Å². The molecule has 0 radical (unpaired) electrons. The van der Waals surface area contributed by atoms with Crippen molar-refractivity contribution < 1.29 is 0 Å². The Kier molecular flexibility index (Phi) is 3.37. The number of aromatic nitrogens is 3. The zero-order valence-electron chi connectivity index (χ0n) is 12.6. The number of benzene rings is 1. The minimum absolute atomic E-state index is 0.0249. The lowest BCUT2D eigenvalue weighted by molar-refractivity contribution is 0.513. The topological polar surface area (TPSA) is 50.7 Å². The maximum atomic E-state index is 12.8. The molecule has 0 amide bonds. The molecule has 3 rings (SSSR count). The highest BCUT2D eigenvalue weighted by molar-refractivity contribution is 5.77. The van der Waals surface area contributed by atoms with Crippen molar-refractivity contribution in [3.8, 4) is 11.4 Å². The molecule has 0 bridgehead atoms. The molecule has 3 aromatic rings. The van der Waals surface area contributed by atoms with Crippen molar-refractivity contribution >= 4 is 11.0 Å². The van der Waals surface area contributed by atoms with Gasteiger partial charge in [-0.2, -0.15) is 0 Å². The lowest BCUT2D eigenvalue weighted by Crippen LogP contribution is -2.25. The molecule has 2 heterocycles. The van der Waals surface area contributed by atoms with Crippen LogP contribution in [0.3, 0.4) is 0 Å². The molecule has 2 aromatic heterocycles. The first-order chi connectivity index (χ1) is 10.1. The zero-order valence-corrected chi connectivity index (χ0v) is 12.6. The lowest BCUT2D eigenvalue weighted by Gasteiger charge is -2.14. The van der Waals surface area contributed by atoms with Crippen LogP contribution in [0.15, 0.2) is 41.2 Å². The Morgan fingerprint density at radius 3 is 2.62 bits per heavy atom. The summed E-state index contributed by atoms with van der Waals surface area (Å²) >= 11 is 0. The van der Waals surface area contributed by atoms with E-state index in [9.17, 15) is 4.79 Å². The highest BCUT2D eigenvalue weighted by atomic mass is 16.1. The average Bonchev–Trinajstić information content (AvgIpc) is 2.83. The molecule has 4 nitrogen and oxygen atoms in total. The first-order valence-corrected chi connectivity index (χ1v) is 7.22. The van der Waals surface area contributed by atoms with E-state index in [1.165, 1.54) is 0 Å². The second-order valence-electron chi connectivity index (χ2n) is 5.83. The van der Waals surface area contributed by atoms with Crippen LogP contribution in [0.1, 0.15) is 19.5 Å². The number of fused-ring (bicyclic) bond motifs is 1. The van der Waals surface area contributed by atoms with Gasteiger partial charge in [0, 0.05) is 17.8 Å². The largest absolute Gasteiger partial charge is 0.343 e. The minimum Gasteiger partial charge on any atom is -0.343 e. The summed E-state index contributed by atoms with van der Waals surface area (Å²) in [4.78, 5) is 20.6. The molecule has 0 fully saturated rings. The Morgan fingerprint density at radius 2 is 1.95 bits per heavy atom. The van der Waals surface area contributed by atoms with Gasteiger partial charge in [-0.05, 0) is 18.9 Å². The van der Waals surface area contributed by atoms with Gasteiger partial charge in [0.2, 0.25) is 0 Å². The number of H-pyrrole nitrogens is 1. The summed E-state index contributed by atoms with van der Waals surface area (Å²) in [5.41, 5.74) is 2.61. The maximum Gasteiger partial charge on any atom is 0.263 e. The number of nitrogens with zero attached hydrogens (tertiary/aromatic N) is 2. The van der Waals surface area contributed by atoms with Gasteiger partial charge in [-0.3, -0.25) is 9.36 Å². The first kappa shape index (κ1) is 13.6. The Labute approximate surface area is 123 Å². The van der Waals surface area contributed by atoms with Gasteiger partial charge < -0.3 is 4.98 Å². The second kappa shape index (κ2) is 5.20. The van der Waals surface area contributed by atoms with Crippen LogP contribution in [0.25, 0.3) is 22.4 Å². The number of hydrogen-bond acceptors (Lipinski definition) is 2. The molecular weight excluding hydrogens is 262 g/mol. The van der Waals surface area contributed by atoms with Crippen molar-refractivity contribution in [3.05, 3.63) is 52.4 Å². The van der Waals surface area contributed by atoms with Crippen LogP contribution in [0.2, 0.25) is 0 Å². The zero-order chi connectivity index (χ0) is 15.0. The number of nitrogens with one attached hydrogen (secondary N) is 1. The normalized spacial score (nSPS) is 11.4. The van der Waals surface area contributed by atoms with Crippen LogP contribution in [0.4, 0.5) is 0 Å². The second-order valence-corrected chi connectivity index (χ2v) is 5.83. The molecule has 4 heteroatoms. The summed E-state index contributed by atoms with van der Waals surface area (Å²) in [6.07, 6.45) is 0. The first-order valence-electron chi connectivity index (χ1n) is 7.22. The Balaban J connectivity index is 2.33. The lowest BCUT2D eigenvalue weighted by atomic mass is 10.1. The molecule has 0 saturated carbocycles. The van der Waals surface area contributed by atoms with Crippen LogP contribution >= 0.6 is 0 Å². The van der Waals surface area contributed by atoms with Gasteiger partial charge in [0.15, 0.2) is 0 Å². The summed E-state index contributed by atoms with van der Waals surface area (Å²) in [7, 11) is 0. The number of aryl methyl sites for hydroxylation is 1. The van der Waals surface area contributed by atoms with Crippen molar-refractivity contribution in [2.24, 2.45) is 5.92 Å². The predicted molar refractivity (Wildman–Crippen MR) is 85.4 cm³/mol. The Bertz CT molecular complexity index is 828. The van der Waals surface area contributed by atoms with E-state index in [1.54, 1.807) is 4.57 Å². The predicted octanol–water partition coefficient (Wildman–Crippen LogP) is 3.36. The highest BCUT2D eigenvalue weighted by Crippen LogP contribution is 2.19. The van der Waals surface area contributed by atoms with Gasteiger partial charge in [0.05, 0.1) is 5.39 Å². The fourth-order valence-corrected chi connectivity index (χ4v) is 2.58. The standard InChI is InChI=1S/C17H19N3O/c1-11(2)10-20-16(13-7-5-4-6-8-13)19-15-14(17(20)21)9-12(3)18-15/h4-9,11,18H,10H2,1-3H3. The monoisotopic (exact) mass is 281 g/mol. The van der Waals surface area contributed by atoms with Crippen molar-refractivity contribution in [3.63, 3.8) is 0 Å². The summed E-state index contributed by atoms with van der Waals surface area (Å²) in [5.74, 6) is 1.10. The molecule has 0 saturated heterocycles. The maximum absolute atomic E-state index is 12.8. The fourth-order valence-electron chi connectivity index (χ4n) is 2.58. The van der Waals surface area contributed by atoms with Crippen LogP contribution in [-0.2, 0) is 6.54 Å². The van der Waals surface area contributed by atoms with Gasteiger partial charge >= 0.3 is 0 Å². The minimum atomic E-state index is 0.0249. The van der Waals surface area contributed by atoms with Gasteiger partial charge in [-0.1, -0.05) is 44.2 Å². The molecule has 108 valence electrons. The van der Waals surface area contributed by atoms with Crippen molar-refractivity contribution in [1.29, 1.82) is 0 Å². The SMILES string of the molecule is Cc1cc2c(=O)n(CC(C)C)c(-c3ccccc3)nc2[nH]1. The van der Waals surface area contributed by atoms with Gasteiger partial charge in [0.25, 0.3) is 5.56 Å². The molecule has 1 N–H and O–H groups in total. The molecular formula is C17H19N3O. The molecule has 0 unspecified atom stereocenters. The number of aromatic amines is 1. The van der Waals surface area contributed by atoms with Crippen molar-refractivity contribution in [2.45, 2.75) is 27.3 Å². The number of hydrogen-bond donors (Lipinski definition) is 1.